The second-order valence-corrected chi connectivity index (χ2v) is 6.21. The summed E-state index contributed by atoms with van der Waals surface area (Å²) in [5.41, 5.74) is 2.37. The van der Waals surface area contributed by atoms with Crippen LogP contribution in [0.4, 0.5) is 0 Å². The molecule has 2 aromatic carbocycles. The van der Waals surface area contributed by atoms with Gasteiger partial charge in [-0.15, -0.1) is 0 Å². The summed E-state index contributed by atoms with van der Waals surface area (Å²) >= 11 is 0. The van der Waals surface area contributed by atoms with Gasteiger partial charge in [0, 0.05) is 6.54 Å². The summed E-state index contributed by atoms with van der Waals surface area (Å²) in [5, 5.41) is 18.9. The molecule has 3 rings (SSSR count). The Morgan fingerprint density at radius 3 is 2.23 bits per heavy atom. The third-order valence-corrected chi connectivity index (χ3v) is 4.32. The molecule has 6 heteroatoms. The molecule has 1 aromatic heterocycles. The van der Waals surface area contributed by atoms with Crippen molar-refractivity contribution in [1.82, 2.24) is 9.13 Å². The number of imidazole rings is 1. The maximum Gasteiger partial charge on any atom is 0.203 e. The van der Waals surface area contributed by atoms with Crippen LogP contribution in [0.25, 0.3) is 11.0 Å². The van der Waals surface area contributed by atoms with Crippen molar-refractivity contribution in [3.8, 4) is 11.5 Å². The Kier molecular flexibility index (Phi) is 5.63. The third kappa shape index (κ3) is 3.75. The number of ether oxygens (including phenoxy) is 2. The van der Waals surface area contributed by atoms with Crippen molar-refractivity contribution in [2.24, 2.45) is 0 Å². The highest BCUT2D eigenvalue weighted by Gasteiger charge is 2.14. The summed E-state index contributed by atoms with van der Waals surface area (Å²) in [6.07, 6.45) is 0.236. The van der Waals surface area contributed by atoms with E-state index in [2.05, 4.69) is 6.92 Å². The van der Waals surface area contributed by atoms with E-state index in [1.165, 1.54) is 0 Å². The van der Waals surface area contributed by atoms with Crippen LogP contribution in [-0.2, 0) is 13.1 Å². The first kappa shape index (κ1) is 18.1. The van der Waals surface area contributed by atoms with E-state index < -0.39 is 6.10 Å². The van der Waals surface area contributed by atoms with E-state index in [0.29, 0.717) is 17.9 Å². The van der Waals surface area contributed by atoms with Crippen molar-refractivity contribution >= 4 is 11.0 Å². The Balaban J connectivity index is 1.73. The van der Waals surface area contributed by atoms with E-state index in [-0.39, 0.29) is 6.61 Å². The lowest BCUT2D eigenvalue weighted by molar-refractivity contribution is 0.0920. The smallest absolute Gasteiger partial charge is 0.203 e. The zero-order valence-electron chi connectivity index (χ0n) is 15.2. The molecule has 0 fully saturated rings. The van der Waals surface area contributed by atoms with E-state index in [9.17, 15) is 5.11 Å². The van der Waals surface area contributed by atoms with Crippen LogP contribution in [0.2, 0.25) is 0 Å². The summed E-state index contributed by atoms with van der Waals surface area (Å²) in [6.45, 7) is 3.35. The molecule has 0 radical (unpaired) electrons. The highest BCUT2D eigenvalue weighted by atomic mass is 16.5. The van der Waals surface area contributed by atoms with Crippen LogP contribution in [0.15, 0.2) is 48.5 Å². The molecular formula is C20H25N3O3. The van der Waals surface area contributed by atoms with Gasteiger partial charge in [-0.2, -0.15) is 0 Å². The number of methoxy groups -OCH3 is 1. The lowest BCUT2D eigenvalue weighted by atomic mass is 10.3. The van der Waals surface area contributed by atoms with Crippen molar-refractivity contribution in [3.63, 3.8) is 0 Å². The molecule has 6 nitrogen and oxygen atoms in total. The molecule has 3 aromatic rings. The van der Waals surface area contributed by atoms with Crippen molar-refractivity contribution in [2.75, 3.05) is 13.7 Å². The van der Waals surface area contributed by atoms with E-state index in [0.717, 1.165) is 29.7 Å². The Bertz CT molecular complexity index is 912. The van der Waals surface area contributed by atoms with Crippen LogP contribution in [0.1, 0.15) is 13.3 Å². The second-order valence-electron chi connectivity index (χ2n) is 6.21. The van der Waals surface area contributed by atoms with Gasteiger partial charge in [-0.05, 0) is 42.8 Å². The number of para-hydroxylation sites is 2. The molecule has 0 saturated heterocycles. The van der Waals surface area contributed by atoms with Crippen molar-refractivity contribution in [3.05, 3.63) is 54.1 Å². The zero-order chi connectivity index (χ0) is 18.5. The quantitative estimate of drug-likeness (QED) is 0.653. The molecule has 138 valence electrons. The molecule has 0 bridgehead atoms. The van der Waals surface area contributed by atoms with Crippen molar-refractivity contribution in [1.29, 1.82) is 5.41 Å². The number of benzene rings is 2. The molecule has 0 aliphatic rings. The number of rotatable bonds is 8. The predicted octanol–water partition coefficient (Wildman–Crippen LogP) is 2.78. The Hall–Kier alpha value is -2.73. The fraction of sp³-hybridized carbons (Fsp3) is 0.350. The number of fused-ring (bicyclic) bond motifs is 1. The molecule has 0 aliphatic carbocycles. The molecule has 1 atom stereocenters. The van der Waals surface area contributed by atoms with Gasteiger partial charge in [0.05, 0.1) is 24.7 Å². The zero-order valence-corrected chi connectivity index (χ0v) is 15.2. The minimum Gasteiger partial charge on any atom is -0.497 e. The Labute approximate surface area is 152 Å². The normalized spacial score (nSPS) is 12.3. The number of aliphatic hydroxyl groups is 1. The first-order valence-corrected chi connectivity index (χ1v) is 8.81. The average molecular weight is 355 g/mol. The molecule has 0 unspecified atom stereocenters. The molecule has 1 heterocycles. The van der Waals surface area contributed by atoms with Crippen molar-refractivity contribution < 1.29 is 14.6 Å². The lowest BCUT2D eigenvalue weighted by Gasteiger charge is -2.14. The van der Waals surface area contributed by atoms with Gasteiger partial charge in [0.2, 0.25) is 5.62 Å². The fourth-order valence-corrected chi connectivity index (χ4v) is 3.06. The van der Waals surface area contributed by atoms with Gasteiger partial charge in [0.25, 0.3) is 0 Å². The largest absolute Gasteiger partial charge is 0.497 e. The third-order valence-electron chi connectivity index (χ3n) is 4.32. The lowest BCUT2D eigenvalue weighted by Crippen LogP contribution is -2.31. The first-order valence-electron chi connectivity index (χ1n) is 8.81. The summed E-state index contributed by atoms with van der Waals surface area (Å²) < 4.78 is 14.6. The van der Waals surface area contributed by atoms with Gasteiger partial charge in [-0.3, -0.25) is 5.41 Å². The van der Waals surface area contributed by atoms with E-state index in [4.69, 9.17) is 14.9 Å². The van der Waals surface area contributed by atoms with Crippen LogP contribution >= 0.6 is 0 Å². The van der Waals surface area contributed by atoms with Gasteiger partial charge < -0.3 is 23.7 Å². The highest BCUT2D eigenvalue weighted by molar-refractivity contribution is 5.75. The SMILES string of the molecule is CCCn1c(=N)n(C[C@H](O)COc2ccc(OC)cc2)c2ccccc21. The van der Waals surface area contributed by atoms with E-state index in [1.54, 1.807) is 7.11 Å². The molecule has 0 spiro atoms. The number of hydrogen-bond donors (Lipinski definition) is 2. The van der Waals surface area contributed by atoms with Crippen LogP contribution in [0, 0.1) is 5.41 Å². The van der Waals surface area contributed by atoms with Crippen LogP contribution in [0.5, 0.6) is 11.5 Å². The monoisotopic (exact) mass is 355 g/mol. The molecule has 0 aliphatic heterocycles. The van der Waals surface area contributed by atoms with Gasteiger partial charge in [0.15, 0.2) is 0 Å². The van der Waals surface area contributed by atoms with Gasteiger partial charge >= 0.3 is 0 Å². The fourth-order valence-electron chi connectivity index (χ4n) is 3.06. The number of nitrogens with one attached hydrogen (secondary N) is 1. The standard InChI is InChI=1S/C20H25N3O3/c1-3-12-22-18-6-4-5-7-19(18)23(20(22)21)13-15(24)14-26-17-10-8-16(25-2)9-11-17/h4-11,15,21,24H,3,12-14H2,1-2H3/t15-/m0/s1. The topological polar surface area (TPSA) is 72.4 Å². The molecular weight excluding hydrogens is 330 g/mol. The molecule has 2 N–H and O–H groups in total. The first-order chi connectivity index (χ1) is 12.6. The maximum absolute atomic E-state index is 10.4. The predicted molar refractivity (Wildman–Crippen MR) is 101 cm³/mol. The number of nitrogens with zero attached hydrogens (tertiary/aromatic N) is 2. The highest BCUT2D eigenvalue weighted by Crippen LogP contribution is 2.18. The maximum atomic E-state index is 10.4. The summed E-state index contributed by atoms with van der Waals surface area (Å²) in [7, 11) is 1.62. The van der Waals surface area contributed by atoms with Crippen LogP contribution in [-0.4, -0.2) is 34.1 Å². The van der Waals surface area contributed by atoms with E-state index in [1.807, 2.05) is 57.7 Å². The Morgan fingerprint density at radius 2 is 1.62 bits per heavy atom. The Morgan fingerprint density at radius 1 is 1.00 bits per heavy atom. The summed E-state index contributed by atoms with van der Waals surface area (Å²) in [6, 6.07) is 15.2. The number of aryl methyl sites for hydroxylation is 1. The van der Waals surface area contributed by atoms with Crippen LogP contribution < -0.4 is 15.1 Å². The second kappa shape index (κ2) is 8.10. The van der Waals surface area contributed by atoms with E-state index >= 15 is 0 Å². The number of aliphatic hydroxyl groups excluding tert-OH is 1. The molecule has 0 saturated carbocycles. The summed E-state index contributed by atoms with van der Waals surface area (Å²) in [4.78, 5) is 0. The minimum absolute atomic E-state index is 0.159. The van der Waals surface area contributed by atoms with Gasteiger partial charge in [0.1, 0.15) is 24.2 Å². The summed E-state index contributed by atoms with van der Waals surface area (Å²) in [5.74, 6) is 1.44. The van der Waals surface area contributed by atoms with Crippen LogP contribution in [0.3, 0.4) is 0 Å². The van der Waals surface area contributed by atoms with Gasteiger partial charge in [-0.1, -0.05) is 19.1 Å². The molecule has 0 amide bonds. The minimum atomic E-state index is -0.716. The number of hydrogen-bond acceptors (Lipinski definition) is 4. The number of aromatic nitrogens is 2. The molecule has 26 heavy (non-hydrogen) atoms. The average Bonchev–Trinajstić information content (AvgIpc) is 2.93. The van der Waals surface area contributed by atoms with Crippen molar-refractivity contribution in [2.45, 2.75) is 32.5 Å². The van der Waals surface area contributed by atoms with Gasteiger partial charge in [-0.25, -0.2) is 0 Å².